The van der Waals surface area contributed by atoms with Crippen LogP contribution in [0.15, 0.2) is 21.1 Å². The van der Waals surface area contributed by atoms with Gasteiger partial charge in [0, 0.05) is 0 Å². The Morgan fingerprint density at radius 3 is 2.63 bits per heavy atom. The maximum Gasteiger partial charge on any atom is 0.359 e. The fourth-order valence-electron chi connectivity index (χ4n) is 1.97. The first-order valence-electron chi connectivity index (χ1n) is 5.49. The molecular weight excluding hydrogens is 314 g/mol. The second kappa shape index (κ2) is 5.05. The molecule has 0 saturated carbocycles. The maximum atomic E-state index is 11.0. The molecule has 0 atom stereocenters. The van der Waals surface area contributed by atoms with Crippen LogP contribution in [0, 0.1) is 13.8 Å². The molecule has 2 rings (SSSR count). The van der Waals surface area contributed by atoms with Gasteiger partial charge in [0.25, 0.3) is 0 Å². The lowest BCUT2D eigenvalue weighted by Gasteiger charge is -2.10. The zero-order valence-electron chi connectivity index (χ0n) is 10.7. The Labute approximate surface area is 118 Å². The van der Waals surface area contributed by atoms with Crippen molar-refractivity contribution in [3.05, 3.63) is 33.4 Å². The SMILES string of the molecule is COc1c(C)cc(C)cc1-c1onc(C(=O)O)c1Br. The average Bonchev–Trinajstić information content (AvgIpc) is 2.70. The quantitative estimate of drug-likeness (QED) is 0.935. The summed E-state index contributed by atoms with van der Waals surface area (Å²) in [5, 5.41) is 12.5. The van der Waals surface area contributed by atoms with Gasteiger partial charge in [0.15, 0.2) is 5.76 Å². The van der Waals surface area contributed by atoms with E-state index in [4.69, 9.17) is 14.4 Å². The van der Waals surface area contributed by atoms with E-state index >= 15 is 0 Å². The van der Waals surface area contributed by atoms with E-state index in [-0.39, 0.29) is 5.69 Å². The molecule has 19 heavy (non-hydrogen) atoms. The maximum absolute atomic E-state index is 11.0. The number of aromatic nitrogens is 1. The highest BCUT2D eigenvalue weighted by Crippen LogP contribution is 2.39. The summed E-state index contributed by atoms with van der Waals surface area (Å²) >= 11 is 3.21. The molecule has 100 valence electrons. The lowest BCUT2D eigenvalue weighted by atomic mass is 10.0. The largest absolute Gasteiger partial charge is 0.496 e. The van der Waals surface area contributed by atoms with Crippen LogP contribution in [-0.4, -0.2) is 23.3 Å². The third-order valence-electron chi connectivity index (χ3n) is 2.71. The summed E-state index contributed by atoms with van der Waals surface area (Å²) in [4.78, 5) is 11.0. The first-order valence-corrected chi connectivity index (χ1v) is 6.29. The number of carboxylic acid groups (broad SMARTS) is 1. The number of benzene rings is 1. The second-order valence-electron chi connectivity index (χ2n) is 4.14. The van der Waals surface area contributed by atoms with Crippen molar-refractivity contribution >= 4 is 21.9 Å². The van der Waals surface area contributed by atoms with Crippen LogP contribution in [0.25, 0.3) is 11.3 Å². The van der Waals surface area contributed by atoms with Crippen molar-refractivity contribution in [1.82, 2.24) is 5.16 Å². The van der Waals surface area contributed by atoms with Crippen LogP contribution in [0.4, 0.5) is 0 Å². The number of nitrogens with zero attached hydrogens (tertiary/aromatic N) is 1. The van der Waals surface area contributed by atoms with E-state index in [1.165, 1.54) is 0 Å². The van der Waals surface area contributed by atoms with Crippen molar-refractivity contribution in [1.29, 1.82) is 0 Å². The highest BCUT2D eigenvalue weighted by molar-refractivity contribution is 9.10. The van der Waals surface area contributed by atoms with Gasteiger partial charge in [-0.15, -0.1) is 0 Å². The summed E-state index contributed by atoms with van der Waals surface area (Å²) in [5.41, 5.74) is 2.48. The number of carboxylic acids is 1. The highest BCUT2D eigenvalue weighted by Gasteiger charge is 2.23. The molecule has 0 radical (unpaired) electrons. The molecule has 0 spiro atoms. The first-order chi connectivity index (χ1) is 8.95. The van der Waals surface area contributed by atoms with E-state index in [1.807, 2.05) is 26.0 Å². The van der Waals surface area contributed by atoms with E-state index in [9.17, 15) is 4.79 Å². The van der Waals surface area contributed by atoms with Gasteiger partial charge in [-0.3, -0.25) is 0 Å². The van der Waals surface area contributed by atoms with Crippen molar-refractivity contribution in [2.24, 2.45) is 0 Å². The molecule has 0 aliphatic carbocycles. The highest BCUT2D eigenvalue weighted by atomic mass is 79.9. The molecule has 0 unspecified atom stereocenters. The Morgan fingerprint density at radius 2 is 2.11 bits per heavy atom. The molecule has 1 heterocycles. The van der Waals surface area contributed by atoms with Crippen LogP contribution < -0.4 is 4.74 Å². The molecule has 0 bridgehead atoms. The molecule has 2 aromatic rings. The molecule has 0 aliphatic heterocycles. The smallest absolute Gasteiger partial charge is 0.359 e. The summed E-state index contributed by atoms with van der Waals surface area (Å²) in [7, 11) is 1.56. The summed E-state index contributed by atoms with van der Waals surface area (Å²) in [5.74, 6) is -0.161. The number of carbonyl (C=O) groups is 1. The Bertz CT molecular complexity index is 648. The van der Waals surface area contributed by atoms with Crippen LogP contribution in [0.3, 0.4) is 0 Å². The molecule has 0 amide bonds. The molecule has 6 heteroatoms. The number of hydrogen-bond acceptors (Lipinski definition) is 4. The van der Waals surface area contributed by atoms with Crippen LogP contribution >= 0.6 is 15.9 Å². The number of hydrogen-bond donors (Lipinski definition) is 1. The van der Waals surface area contributed by atoms with Gasteiger partial charge in [-0.05, 0) is 47.0 Å². The Kier molecular flexibility index (Phi) is 3.61. The fraction of sp³-hybridized carbons (Fsp3) is 0.231. The van der Waals surface area contributed by atoms with Gasteiger partial charge in [-0.2, -0.15) is 0 Å². The lowest BCUT2D eigenvalue weighted by molar-refractivity contribution is 0.0685. The normalized spacial score (nSPS) is 10.5. The van der Waals surface area contributed by atoms with Gasteiger partial charge >= 0.3 is 5.97 Å². The van der Waals surface area contributed by atoms with Crippen LogP contribution in [0.5, 0.6) is 5.75 Å². The van der Waals surface area contributed by atoms with Gasteiger partial charge in [-0.25, -0.2) is 4.79 Å². The van der Waals surface area contributed by atoms with Crippen LogP contribution in [0.2, 0.25) is 0 Å². The number of aryl methyl sites for hydroxylation is 2. The van der Waals surface area contributed by atoms with Gasteiger partial charge in [-0.1, -0.05) is 11.2 Å². The monoisotopic (exact) mass is 325 g/mol. The van der Waals surface area contributed by atoms with Crippen molar-refractivity contribution < 1.29 is 19.2 Å². The molecule has 0 aliphatic rings. The van der Waals surface area contributed by atoms with Gasteiger partial charge in [0.1, 0.15) is 10.2 Å². The van der Waals surface area contributed by atoms with Crippen molar-refractivity contribution in [2.45, 2.75) is 13.8 Å². The summed E-state index contributed by atoms with van der Waals surface area (Å²) in [6.45, 7) is 3.86. The minimum absolute atomic E-state index is 0.156. The Balaban J connectivity index is 2.68. The molecule has 1 N–H and O–H groups in total. The predicted molar refractivity (Wildman–Crippen MR) is 72.6 cm³/mol. The van der Waals surface area contributed by atoms with E-state index in [0.717, 1.165) is 11.1 Å². The zero-order chi connectivity index (χ0) is 14.2. The van der Waals surface area contributed by atoms with Crippen molar-refractivity contribution in [2.75, 3.05) is 7.11 Å². The number of ether oxygens (including phenoxy) is 1. The van der Waals surface area contributed by atoms with Crippen molar-refractivity contribution in [3.63, 3.8) is 0 Å². The minimum Gasteiger partial charge on any atom is -0.496 e. The molecule has 0 saturated heterocycles. The average molecular weight is 326 g/mol. The van der Waals surface area contributed by atoms with Crippen molar-refractivity contribution in [3.8, 4) is 17.1 Å². The molecule has 5 nitrogen and oxygen atoms in total. The van der Waals surface area contributed by atoms with E-state index in [2.05, 4.69) is 21.1 Å². The van der Waals surface area contributed by atoms with Gasteiger partial charge < -0.3 is 14.4 Å². The standard InChI is InChI=1S/C13H12BrNO4/c1-6-4-7(2)11(18-3)8(5-6)12-9(14)10(13(16)17)15-19-12/h4-5H,1-3H3,(H,16,17). The zero-order valence-corrected chi connectivity index (χ0v) is 12.2. The third kappa shape index (κ3) is 2.35. The van der Waals surface area contributed by atoms with E-state index in [0.29, 0.717) is 21.5 Å². The Morgan fingerprint density at radius 1 is 1.42 bits per heavy atom. The number of rotatable bonds is 3. The number of methoxy groups -OCH3 is 1. The fourth-order valence-corrected chi connectivity index (χ4v) is 2.50. The predicted octanol–water partition coefficient (Wildman–Crippen LogP) is 3.43. The topological polar surface area (TPSA) is 72.6 Å². The van der Waals surface area contributed by atoms with Crippen LogP contribution in [-0.2, 0) is 0 Å². The molecule has 1 aromatic carbocycles. The lowest BCUT2D eigenvalue weighted by Crippen LogP contribution is -1.97. The number of aromatic carboxylic acids is 1. The minimum atomic E-state index is -1.15. The number of halogens is 1. The second-order valence-corrected chi connectivity index (χ2v) is 4.94. The van der Waals surface area contributed by atoms with E-state index in [1.54, 1.807) is 7.11 Å². The first kappa shape index (κ1) is 13.6. The molecule has 0 fully saturated rings. The molecular formula is C13H12BrNO4. The van der Waals surface area contributed by atoms with Gasteiger partial charge in [0.2, 0.25) is 5.69 Å². The van der Waals surface area contributed by atoms with Crippen LogP contribution in [0.1, 0.15) is 21.6 Å². The summed E-state index contributed by atoms with van der Waals surface area (Å²) in [6.07, 6.45) is 0. The summed E-state index contributed by atoms with van der Waals surface area (Å²) in [6, 6.07) is 3.84. The van der Waals surface area contributed by atoms with E-state index < -0.39 is 5.97 Å². The summed E-state index contributed by atoms with van der Waals surface area (Å²) < 4.78 is 10.8. The van der Waals surface area contributed by atoms with Gasteiger partial charge in [0.05, 0.1) is 12.7 Å². The third-order valence-corrected chi connectivity index (χ3v) is 3.44. The Hall–Kier alpha value is -1.82. The molecule has 1 aromatic heterocycles.